The first-order valence-corrected chi connectivity index (χ1v) is 9.35. The highest BCUT2D eigenvalue weighted by molar-refractivity contribution is 6.33. The summed E-state index contributed by atoms with van der Waals surface area (Å²) < 4.78 is 2.25. The van der Waals surface area contributed by atoms with Gasteiger partial charge in [-0.15, -0.1) is 0 Å². The van der Waals surface area contributed by atoms with Gasteiger partial charge in [-0.1, -0.05) is 72.3 Å². The molecule has 0 N–H and O–H groups in total. The maximum atomic E-state index is 6.49. The standard InChI is InChI=1S/C24H17ClN2/c25-21-10-4-3-9-20(21)24-26-22-11-5-6-12-23(22)27(24)16-17-13-14-18-7-1-2-8-19(18)15-17/h1-15H,16H2. The molecule has 1 heterocycles. The number of benzene rings is 4. The molecule has 0 atom stereocenters. The topological polar surface area (TPSA) is 17.8 Å². The molecular weight excluding hydrogens is 352 g/mol. The van der Waals surface area contributed by atoms with Crippen LogP contribution in [0, 0.1) is 0 Å². The van der Waals surface area contributed by atoms with Crippen molar-refractivity contribution in [2.24, 2.45) is 0 Å². The van der Waals surface area contributed by atoms with Crippen LogP contribution in [0.4, 0.5) is 0 Å². The van der Waals surface area contributed by atoms with Crippen LogP contribution in [0.5, 0.6) is 0 Å². The van der Waals surface area contributed by atoms with Crippen LogP contribution < -0.4 is 0 Å². The Balaban J connectivity index is 1.69. The van der Waals surface area contributed by atoms with Crippen molar-refractivity contribution in [1.82, 2.24) is 9.55 Å². The summed E-state index contributed by atoms with van der Waals surface area (Å²) in [5.74, 6) is 0.898. The number of fused-ring (bicyclic) bond motifs is 2. The summed E-state index contributed by atoms with van der Waals surface area (Å²) in [6, 6.07) is 31.2. The Morgan fingerprint density at radius 2 is 1.48 bits per heavy atom. The minimum atomic E-state index is 0.715. The van der Waals surface area contributed by atoms with Crippen LogP contribution in [0.25, 0.3) is 33.2 Å². The lowest BCUT2D eigenvalue weighted by Crippen LogP contribution is -2.02. The Hall–Kier alpha value is -3.10. The summed E-state index contributed by atoms with van der Waals surface area (Å²) in [5.41, 5.74) is 4.29. The number of nitrogens with zero attached hydrogens (tertiary/aromatic N) is 2. The molecule has 5 rings (SSSR count). The van der Waals surface area contributed by atoms with Gasteiger partial charge in [-0.2, -0.15) is 0 Å². The van der Waals surface area contributed by atoms with Gasteiger partial charge in [0.05, 0.1) is 16.1 Å². The number of hydrogen-bond acceptors (Lipinski definition) is 1. The van der Waals surface area contributed by atoms with E-state index in [2.05, 4.69) is 59.2 Å². The summed E-state index contributed by atoms with van der Waals surface area (Å²) in [7, 11) is 0. The maximum Gasteiger partial charge on any atom is 0.142 e. The minimum absolute atomic E-state index is 0.715. The van der Waals surface area contributed by atoms with Crippen LogP contribution in [-0.4, -0.2) is 9.55 Å². The monoisotopic (exact) mass is 368 g/mol. The second kappa shape index (κ2) is 6.57. The Labute approximate surface area is 162 Å². The molecule has 0 amide bonds. The second-order valence-electron chi connectivity index (χ2n) is 6.67. The maximum absolute atomic E-state index is 6.49. The van der Waals surface area contributed by atoms with Crippen LogP contribution in [0.1, 0.15) is 5.56 Å². The van der Waals surface area contributed by atoms with Crippen molar-refractivity contribution in [3.05, 3.63) is 102 Å². The first-order valence-electron chi connectivity index (χ1n) is 8.97. The lowest BCUT2D eigenvalue weighted by atomic mass is 10.1. The molecule has 0 saturated heterocycles. The molecule has 1 aromatic heterocycles. The van der Waals surface area contributed by atoms with E-state index in [0.717, 1.165) is 29.0 Å². The average Bonchev–Trinajstić information content (AvgIpc) is 3.06. The Morgan fingerprint density at radius 1 is 0.741 bits per heavy atom. The molecule has 0 aliphatic carbocycles. The fourth-order valence-corrected chi connectivity index (χ4v) is 3.82. The average molecular weight is 369 g/mol. The second-order valence-corrected chi connectivity index (χ2v) is 7.08. The first-order chi connectivity index (χ1) is 13.3. The Kier molecular flexibility index (Phi) is 3.92. The molecule has 0 bridgehead atoms. The van der Waals surface area contributed by atoms with E-state index in [1.807, 2.05) is 36.4 Å². The molecule has 3 heteroatoms. The van der Waals surface area contributed by atoms with Gasteiger partial charge in [-0.25, -0.2) is 4.98 Å². The van der Waals surface area contributed by atoms with E-state index in [4.69, 9.17) is 16.6 Å². The van der Waals surface area contributed by atoms with Crippen molar-refractivity contribution in [3.8, 4) is 11.4 Å². The first kappa shape index (κ1) is 16.1. The van der Waals surface area contributed by atoms with E-state index < -0.39 is 0 Å². The molecule has 4 aromatic carbocycles. The van der Waals surface area contributed by atoms with Crippen LogP contribution in [0.2, 0.25) is 5.02 Å². The van der Waals surface area contributed by atoms with Gasteiger partial charge in [0.25, 0.3) is 0 Å². The van der Waals surface area contributed by atoms with Gasteiger partial charge in [-0.3, -0.25) is 0 Å². The third kappa shape index (κ3) is 2.88. The molecule has 27 heavy (non-hydrogen) atoms. The molecule has 0 spiro atoms. The van der Waals surface area contributed by atoms with Gasteiger partial charge in [0.1, 0.15) is 5.82 Å². The molecule has 0 fully saturated rings. The van der Waals surface area contributed by atoms with E-state index in [0.29, 0.717) is 5.02 Å². The van der Waals surface area contributed by atoms with E-state index in [1.54, 1.807) is 0 Å². The van der Waals surface area contributed by atoms with Gasteiger partial charge in [0.15, 0.2) is 0 Å². The molecule has 0 unspecified atom stereocenters. The Bertz CT molecular complexity index is 1270. The lowest BCUT2D eigenvalue weighted by molar-refractivity contribution is 0.835. The normalized spacial score (nSPS) is 11.3. The summed E-state index contributed by atoms with van der Waals surface area (Å²) >= 11 is 6.49. The van der Waals surface area contributed by atoms with Crippen molar-refractivity contribution in [3.63, 3.8) is 0 Å². The highest BCUT2D eigenvalue weighted by Crippen LogP contribution is 2.31. The summed E-state index contributed by atoms with van der Waals surface area (Å²) in [4.78, 5) is 4.88. The highest BCUT2D eigenvalue weighted by atomic mass is 35.5. The molecule has 0 aliphatic rings. The fraction of sp³-hybridized carbons (Fsp3) is 0.0417. The van der Waals surface area contributed by atoms with Gasteiger partial charge in [0, 0.05) is 12.1 Å². The van der Waals surface area contributed by atoms with E-state index in [9.17, 15) is 0 Å². The predicted molar refractivity (Wildman–Crippen MR) is 113 cm³/mol. The molecule has 0 aliphatic heterocycles. The number of hydrogen-bond donors (Lipinski definition) is 0. The number of para-hydroxylation sites is 2. The molecule has 0 radical (unpaired) electrons. The molecule has 0 saturated carbocycles. The summed E-state index contributed by atoms with van der Waals surface area (Å²) in [5, 5.41) is 3.22. The molecular formula is C24H17ClN2. The van der Waals surface area contributed by atoms with E-state index >= 15 is 0 Å². The fourth-order valence-electron chi connectivity index (χ4n) is 3.60. The number of rotatable bonds is 3. The Morgan fingerprint density at radius 3 is 2.37 bits per heavy atom. The van der Waals surface area contributed by atoms with Crippen LogP contribution in [-0.2, 0) is 6.54 Å². The third-order valence-corrected chi connectivity index (χ3v) is 5.25. The van der Waals surface area contributed by atoms with E-state index in [-0.39, 0.29) is 0 Å². The number of halogens is 1. The number of aromatic nitrogens is 2. The predicted octanol–water partition coefficient (Wildman–Crippen LogP) is 6.56. The lowest BCUT2D eigenvalue weighted by Gasteiger charge is -2.11. The van der Waals surface area contributed by atoms with E-state index in [1.165, 1.54) is 16.3 Å². The van der Waals surface area contributed by atoms with Crippen LogP contribution in [0.15, 0.2) is 91.0 Å². The van der Waals surface area contributed by atoms with Gasteiger partial charge in [-0.05, 0) is 46.7 Å². The SMILES string of the molecule is Clc1ccccc1-c1nc2ccccc2n1Cc1ccc2ccccc2c1. The van der Waals surface area contributed by atoms with Crippen molar-refractivity contribution in [2.45, 2.75) is 6.54 Å². The zero-order chi connectivity index (χ0) is 18.2. The van der Waals surface area contributed by atoms with Gasteiger partial charge < -0.3 is 4.57 Å². The van der Waals surface area contributed by atoms with Crippen LogP contribution in [0.3, 0.4) is 0 Å². The summed E-state index contributed by atoms with van der Waals surface area (Å²) in [6.07, 6.45) is 0. The van der Waals surface area contributed by atoms with Crippen molar-refractivity contribution in [1.29, 1.82) is 0 Å². The zero-order valence-corrected chi connectivity index (χ0v) is 15.4. The third-order valence-electron chi connectivity index (χ3n) is 4.92. The van der Waals surface area contributed by atoms with Crippen molar-refractivity contribution >= 4 is 33.4 Å². The minimum Gasteiger partial charge on any atom is -0.319 e. The van der Waals surface area contributed by atoms with Gasteiger partial charge in [0.2, 0.25) is 0 Å². The molecule has 130 valence electrons. The van der Waals surface area contributed by atoms with Gasteiger partial charge >= 0.3 is 0 Å². The van der Waals surface area contributed by atoms with Crippen molar-refractivity contribution in [2.75, 3.05) is 0 Å². The quantitative estimate of drug-likeness (QED) is 0.352. The summed E-state index contributed by atoms with van der Waals surface area (Å²) in [6.45, 7) is 0.742. The van der Waals surface area contributed by atoms with Crippen LogP contribution >= 0.6 is 11.6 Å². The molecule has 5 aromatic rings. The highest BCUT2D eigenvalue weighted by Gasteiger charge is 2.15. The molecule has 2 nitrogen and oxygen atoms in total. The smallest absolute Gasteiger partial charge is 0.142 e. The zero-order valence-electron chi connectivity index (χ0n) is 14.6. The largest absolute Gasteiger partial charge is 0.319 e. The number of imidazole rings is 1. The van der Waals surface area contributed by atoms with Crippen molar-refractivity contribution < 1.29 is 0 Å².